The van der Waals surface area contributed by atoms with Gasteiger partial charge in [-0.05, 0) is 31.4 Å². The molecule has 1 amide bonds. The lowest BCUT2D eigenvalue weighted by Gasteiger charge is -2.26. The fraction of sp³-hybridized carbons (Fsp3) is 0.375. The molecule has 0 aromatic carbocycles. The molecule has 2 aromatic rings. The molecule has 6 heteroatoms. The molecule has 114 valence electrons. The largest absolute Gasteiger partial charge is 0.363 e. The van der Waals surface area contributed by atoms with Crippen molar-refractivity contribution in [1.82, 2.24) is 19.9 Å². The first-order valence-corrected chi connectivity index (χ1v) is 7.58. The minimum atomic E-state index is -0.0246. The molecule has 3 heterocycles. The van der Waals surface area contributed by atoms with Crippen LogP contribution in [0.15, 0.2) is 36.8 Å². The number of rotatable bonds is 4. The minimum absolute atomic E-state index is 0.0246. The van der Waals surface area contributed by atoms with Crippen LogP contribution in [0.2, 0.25) is 0 Å². The van der Waals surface area contributed by atoms with E-state index in [4.69, 9.17) is 0 Å². The fourth-order valence-electron chi connectivity index (χ4n) is 2.47. The maximum atomic E-state index is 12.3. The lowest BCUT2D eigenvalue weighted by molar-refractivity contribution is 0.0718. The van der Waals surface area contributed by atoms with Crippen LogP contribution in [-0.4, -0.2) is 38.8 Å². The smallest absolute Gasteiger partial charge is 0.274 e. The van der Waals surface area contributed by atoms with Crippen molar-refractivity contribution in [3.63, 3.8) is 0 Å². The van der Waals surface area contributed by atoms with Gasteiger partial charge >= 0.3 is 0 Å². The number of carbonyl (C=O) groups is 1. The highest BCUT2D eigenvalue weighted by molar-refractivity contribution is 5.92. The molecule has 0 aliphatic carbocycles. The van der Waals surface area contributed by atoms with Gasteiger partial charge in [0.05, 0.1) is 24.6 Å². The number of amides is 1. The molecule has 2 aromatic heterocycles. The lowest BCUT2D eigenvalue weighted by atomic mass is 10.1. The second-order valence-corrected chi connectivity index (χ2v) is 5.31. The van der Waals surface area contributed by atoms with Crippen molar-refractivity contribution in [3.8, 4) is 0 Å². The summed E-state index contributed by atoms with van der Waals surface area (Å²) in [5, 5.41) is 3.15. The molecule has 0 atom stereocenters. The minimum Gasteiger partial charge on any atom is -0.363 e. The summed E-state index contributed by atoms with van der Waals surface area (Å²) in [7, 11) is 0. The number of aromatic nitrogens is 3. The van der Waals surface area contributed by atoms with Gasteiger partial charge in [0.2, 0.25) is 0 Å². The van der Waals surface area contributed by atoms with Gasteiger partial charge in [-0.15, -0.1) is 0 Å². The molecule has 0 bridgehead atoms. The van der Waals surface area contributed by atoms with Crippen LogP contribution in [0.1, 0.15) is 35.4 Å². The number of piperidine rings is 1. The first-order valence-electron chi connectivity index (χ1n) is 7.58. The number of likely N-dealkylation sites (tertiary alicyclic amines) is 1. The van der Waals surface area contributed by atoms with Crippen molar-refractivity contribution in [2.75, 3.05) is 18.4 Å². The highest BCUT2D eigenvalue weighted by Crippen LogP contribution is 2.12. The Morgan fingerprint density at radius 3 is 2.64 bits per heavy atom. The Balaban J connectivity index is 1.59. The number of hydrogen-bond acceptors (Lipinski definition) is 5. The van der Waals surface area contributed by atoms with Crippen LogP contribution in [0, 0.1) is 0 Å². The van der Waals surface area contributed by atoms with Crippen molar-refractivity contribution in [2.45, 2.75) is 25.8 Å². The van der Waals surface area contributed by atoms with Gasteiger partial charge in [-0.25, -0.2) is 9.97 Å². The molecular weight excluding hydrogens is 278 g/mol. The Bertz CT molecular complexity index is 608. The number of nitrogens with zero attached hydrogens (tertiary/aromatic N) is 4. The molecule has 0 radical (unpaired) electrons. The van der Waals surface area contributed by atoms with Crippen molar-refractivity contribution >= 4 is 11.7 Å². The third kappa shape index (κ3) is 3.58. The maximum absolute atomic E-state index is 12.3. The van der Waals surface area contributed by atoms with E-state index in [2.05, 4.69) is 20.3 Å². The van der Waals surface area contributed by atoms with Crippen LogP contribution in [0.4, 0.5) is 5.82 Å². The molecule has 1 saturated heterocycles. The Labute approximate surface area is 129 Å². The van der Waals surface area contributed by atoms with Crippen LogP contribution in [0.3, 0.4) is 0 Å². The number of nitrogens with one attached hydrogen (secondary N) is 1. The standard InChI is InChI=1S/C16H19N5O/c22-16(21-8-4-1-5-9-21)14-11-20-15(12-18-14)19-10-13-6-2-3-7-17-13/h2-3,6-7,11-12H,1,4-5,8-10H2,(H,19,20). The second kappa shape index (κ2) is 6.98. The zero-order chi connectivity index (χ0) is 15.2. The summed E-state index contributed by atoms with van der Waals surface area (Å²) in [6, 6.07) is 5.76. The van der Waals surface area contributed by atoms with E-state index in [1.165, 1.54) is 12.6 Å². The Morgan fingerprint density at radius 1 is 1.09 bits per heavy atom. The Kier molecular flexibility index (Phi) is 4.58. The van der Waals surface area contributed by atoms with Crippen molar-refractivity contribution in [1.29, 1.82) is 0 Å². The highest BCUT2D eigenvalue weighted by atomic mass is 16.2. The third-order valence-corrected chi connectivity index (χ3v) is 3.69. The molecule has 1 aliphatic heterocycles. The summed E-state index contributed by atoms with van der Waals surface area (Å²) in [5.41, 5.74) is 1.34. The quantitative estimate of drug-likeness (QED) is 0.936. The van der Waals surface area contributed by atoms with Crippen LogP contribution in [0.25, 0.3) is 0 Å². The average molecular weight is 297 g/mol. The first-order chi connectivity index (χ1) is 10.8. The van der Waals surface area contributed by atoms with E-state index >= 15 is 0 Å². The second-order valence-electron chi connectivity index (χ2n) is 5.31. The topological polar surface area (TPSA) is 71.0 Å². The molecule has 1 aliphatic rings. The van der Waals surface area contributed by atoms with Crippen molar-refractivity contribution in [3.05, 3.63) is 48.2 Å². The Hall–Kier alpha value is -2.50. The van der Waals surface area contributed by atoms with Gasteiger partial charge in [-0.2, -0.15) is 0 Å². The molecule has 22 heavy (non-hydrogen) atoms. The van der Waals surface area contributed by atoms with Gasteiger partial charge in [-0.1, -0.05) is 6.07 Å². The lowest BCUT2D eigenvalue weighted by Crippen LogP contribution is -2.36. The van der Waals surface area contributed by atoms with Gasteiger partial charge in [-0.3, -0.25) is 9.78 Å². The number of anilines is 1. The number of hydrogen-bond donors (Lipinski definition) is 1. The first kappa shape index (κ1) is 14.4. The molecule has 3 rings (SSSR count). The zero-order valence-corrected chi connectivity index (χ0v) is 12.4. The zero-order valence-electron chi connectivity index (χ0n) is 12.4. The molecule has 1 N–H and O–H groups in total. The number of carbonyl (C=O) groups excluding carboxylic acids is 1. The molecular formula is C16H19N5O. The van der Waals surface area contributed by atoms with E-state index in [0.29, 0.717) is 18.1 Å². The van der Waals surface area contributed by atoms with E-state index in [1.54, 1.807) is 12.4 Å². The fourth-order valence-corrected chi connectivity index (χ4v) is 2.47. The summed E-state index contributed by atoms with van der Waals surface area (Å²) < 4.78 is 0. The molecule has 0 saturated carbocycles. The maximum Gasteiger partial charge on any atom is 0.274 e. The van der Waals surface area contributed by atoms with Gasteiger partial charge in [0.1, 0.15) is 11.5 Å². The van der Waals surface area contributed by atoms with Crippen LogP contribution in [0.5, 0.6) is 0 Å². The van der Waals surface area contributed by atoms with E-state index in [1.807, 2.05) is 23.1 Å². The van der Waals surface area contributed by atoms with E-state index < -0.39 is 0 Å². The van der Waals surface area contributed by atoms with Crippen LogP contribution in [-0.2, 0) is 6.54 Å². The van der Waals surface area contributed by atoms with E-state index in [9.17, 15) is 4.79 Å². The van der Waals surface area contributed by atoms with E-state index in [-0.39, 0.29) is 5.91 Å². The summed E-state index contributed by atoms with van der Waals surface area (Å²) >= 11 is 0. The van der Waals surface area contributed by atoms with Gasteiger partial charge < -0.3 is 10.2 Å². The average Bonchev–Trinajstić information content (AvgIpc) is 2.61. The van der Waals surface area contributed by atoms with Gasteiger partial charge in [0, 0.05) is 19.3 Å². The van der Waals surface area contributed by atoms with Crippen molar-refractivity contribution < 1.29 is 4.79 Å². The SMILES string of the molecule is O=C(c1cnc(NCc2ccccn2)cn1)N1CCCCC1. The summed E-state index contributed by atoms with van der Waals surface area (Å²) in [5.74, 6) is 0.615. The summed E-state index contributed by atoms with van der Waals surface area (Å²) in [6.07, 6.45) is 8.23. The predicted octanol–water partition coefficient (Wildman–Crippen LogP) is 2.11. The normalized spacial score (nSPS) is 14.6. The highest BCUT2D eigenvalue weighted by Gasteiger charge is 2.19. The Morgan fingerprint density at radius 2 is 1.95 bits per heavy atom. The third-order valence-electron chi connectivity index (χ3n) is 3.69. The van der Waals surface area contributed by atoms with E-state index in [0.717, 1.165) is 31.6 Å². The summed E-state index contributed by atoms with van der Waals surface area (Å²) in [6.45, 7) is 2.22. The van der Waals surface area contributed by atoms with Gasteiger partial charge in [0.25, 0.3) is 5.91 Å². The van der Waals surface area contributed by atoms with Gasteiger partial charge in [0.15, 0.2) is 0 Å². The molecule has 0 spiro atoms. The number of pyridine rings is 1. The molecule has 0 unspecified atom stereocenters. The summed E-state index contributed by atoms with van der Waals surface area (Å²) in [4.78, 5) is 26.9. The molecule has 6 nitrogen and oxygen atoms in total. The molecule has 1 fully saturated rings. The predicted molar refractivity (Wildman–Crippen MR) is 83.4 cm³/mol. The monoisotopic (exact) mass is 297 g/mol. The van der Waals surface area contributed by atoms with Crippen LogP contribution >= 0.6 is 0 Å². The van der Waals surface area contributed by atoms with Crippen LogP contribution < -0.4 is 5.32 Å². The van der Waals surface area contributed by atoms with Crippen molar-refractivity contribution in [2.24, 2.45) is 0 Å².